The lowest BCUT2D eigenvalue weighted by atomic mass is 10.0. The van der Waals surface area contributed by atoms with E-state index in [4.69, 9.17) is 9.47 Å². The number of ketones is 2. The summed E-state index contributed by atoms with van der Waals surface area (Å²) >= 11 is 0. The normalized spacial score (nSPS) is 21.6. The van der Waals surface area contributed by atoms with Crippen molar-refractivity contribution in [2.45, 2.75) is 87.5 Å². The van der Waals surface area contributed by atoms with Crippen molar-refractivity contribution in [2.75, 3.05) is 78.7 Å². The van der Waals surface area contributed by atoms with Gasteiger partial charge < -0.3 is 14.8 Å². The highest BCUT2D eigenvalue weighted by molar-refractivity contribution is 7.89. The zero-order valence-electron chi connectivity index (χ0n) is 36.9. The number of ether oxygens (including phenoxy) is 2. The lowest BCUT2D eigenvalue weighted by Crippen LogP contribution is -2.54. The Kier molecular flexibility index (Phi) is 17.6. The van der Waals surface area contributed by atoms with E-state index < -0.39 is 15.7 Å². The largest absolute Gasteiger partial charge is 0.359 e. The van der Waals surface area contributed by atoms with Gasteiger partial charge in [0.15, 0.2) is 5.03 Å². The van der Waals surface area contributed by atoms with Crippen LogP contribution in [0.2, 0.25) is 0 Å². The van der Waals surface area contributed by atoms with Gasteiger partial charge in [-0.25, -0.2) is 13.4 Å². The number of nitrogens with one attached hydrogen (secondary N) is 2. The number of hydrogen-bond acceptors (Lipinski definition) is 15. The van der Waals surface area contributed by atoms with Crippen molar-refractivity contribution in [3.8, 4) is 0 Å². The van der Waals surface area contributed by atoms with Crippen LogP contribution in [0.25, 0.3) is 0 Å². The molecule has 6 aliphatic heterocycles. The van der Waals surface area contributed by atoms with Crippen LogP contribution < -0.4 is 10.6 Å². The van der Waals surface area contributed by atoms with Gasteiger partial charge in [-0.2, -0.15) is 4.31 Å². The molecule has 10 heterocycles. The van der Waals surface area contributed by atoms with Crippen LogP contribution in [-0.2, 0) is 48.7 Å². The summed E-state index contributed by atoms with van der Waals surface area (Å²) in [5, 5.41) is 6.67. The number of likely N-dealkylation sites (tertiary alicyclic amines) is 3. The summed E-state index contributed by atoms with van der Waals surface area (Å²) in [5.74, 6) is 0.793. The minimum atomic E-state index is -3.66. The van der Waals surface area contributed by atoms with Crippen LogP contribution in [0.5, 0.6) is 0 Å². The smallest absolute Gasteiger partial charge is 0.263 e. The van der Waals surface area contributed by atoms with Crippen molar-refractivity contribution in [3.63, 3.8) is 0 Å². The second-order valence-corrected chi connectivity index (χ2v) is 18.7. The number of sulfonamides is 1. The molecular formula is C47H64N10O6S. The fourth-order valence-electron chi connectivity index (χ4n) is 8.80. The number of hydrogen-bond donors (Lipinski definition) is 2. The Bertz CT molecular complexity index is 2100. The van der Waals surface area contributed by atoms with Crippen LogP contribution in [0.1, 0.15) is 68.4 Å². The van der Waals surface area contributed by atoms with E-state index in [2.05, 4.69) is 57.4 Å². The first-order valence-electron chi connectivity index (χ1n) is 22.8. The summed E-state index contributed by atoms with van der Waals surface area (Å²) in [6, 6.07) is 22.9. The third-order valence-corrected chi connectivity index (χ3v) is 14.3. The molecule has 16 nitrogen and oxygen atoms in total. The zero-order chi connectivity index (χ0) is 44.5. The molecule has 344 valence electrons. The molecule has 4 aromatic rings. The van der Waals surface area contributed by atoms with Crippen LogP contribution in [0, 0.1) is 0 Å². The van der Waals surface area contributed by atoms with Gasteiger partial charge in [-0.3, -0.25) is 44.6 Å². The predicted octanol–water partition coefficient (Wildman–Crippen LogP) is 3.67. The number of carbonyl (C=O) groups excluding carboxylic acids is 2. The number of nitrogens with zero attached hydrogens (tertiary/aromatic N) is 8. The van der Waals surface area contributed by atoms with E-state index in [0.717, 1.165) is 128 Å². The molecule has 6 fully saturated rings. The lowest BCUT2D eigenvalue weighted by molar-refractivity contribution is -0.121. The van der Waals surface area contributed by atoms with E-state index in [-0.39, 0.29) is 10.8 Å². The van der Waals surface area contributed by atoms with Crippen molar-refractivity contribution in [2.24, 2.45) is 0 Å². The van der Waals surface area contributed by atoms with Crippen molar-refractivity contribution in [1.29, 1.82) is 0 Å². The van der Waals surface area contributed by atoms with Gasteiger partial charge in [0.05, 0.1) is 30.3 Å². The van der Waals surface area contributed by atoms with E-state index in [1.165, 1.54) is 16.6 Å². The molecule has 0 aliphatic carbocycles. The highest BCUT2D eigenvalue weighted by Gasteiger charge is 2.51. The summed E-state index contributed by atoms with van der Waals surface area (Å²) in [7, 11) is -3.66. The number of Topliss-reactive ketones (excluding diaryl/α,β-unsaturated/α-hetero) is 2. The molecular weight excluding hydrogens is 833 g/mol. The highest BCUT2D eigenvalue weighted by atomic mass is 32.2. The van der Waals surface area contributed by atoms with Gasteiger partial charge in [-0.05, 0) is 48.5 Å². The SMILES string of the molecule is O=C1CCN(Cc2ccccn2)CC1.O=C1CCNCC1.O=S(=O)(c1ccccn1)N1CCOC12CCN(Cc1ccccn1)CC2.c1ccc(CN2CCC3(CC2)NCCO3)nc1. The van der Waals surface area contributed by atoms with E-state index in [0.29, 0.717) is 50.4 Å². The number of carbonyl (C=O) groups is 2. The maximum Gasteiger partial charge on any atom is 0.263 e. The van der Waals surface area contributed by atoms with Crippen LogP contribution >= 0.6 is 0 Å². The second-order valence-electron chi connectivity index (χ2n) is 16.9. The molecule has 6 saturated heterocycles. The van der Waals surface area contributed by atoms with Gasteiger partial charge in [0.25, 0.3) is 10.0 Å². The Balaban J connectivity index is 0.000000139. The molecule has 2 spiro atoms. The average Bonchev–Trinajstić information content (AvgIpc) is 3.99. The van der Waals surface area contributed by atoms with Crippen LogP contribution in [0.3, 0.4) is 0 Å². The van der Waals surface area contributed by atoms with Crippen molar-refractivity contribution in [3.05, 3.63) is 115 Å². The summed E-state index contributed by atoms with van der Waals surface area (Å²) in [4.78, 5) is 45.5. The second kappa shape index (κ2) is 23.7. The Morgan fingerprint density at radius 1 is 0.531 bits per heavy atom. The average molecular weight is 897 g/mol. The summed E-state index contributed by atoms with van der Waals surface area (Å²) in [5.41, 5.74) is 2.50. The van der Waals surface area contributed by atoms with Crippen LogP contribution in [0.4, 0.5) is 0 Å². The molecule has 0 aromatic carbocycles. The molecule has 0 amide bonds. The molecule has 0 unspecified atom stereocenters. The minimum absolute atomic E-state index is 0.0133. The lowest BCUT2D eigenvalue weighted by Gasteiger charge is -2.42. The highest BCUT2D eigenvalue weighted by Crippen LogP contribution is 2.38. The monoisotopic (exact) mass is 896 g/mol. The molecule has 2 N–H and O–H groups in total. The third kappa shape index (κ3) is 13.8. The maximum atomic E-state index is 13.0. The Labute approximate surface area is 378 Å². The third-order valence-electron chi connectivity index (χ3n) is 12.5. The molecule has 0 radical (unpaired) electrons. The van der Waals surface area contributed by atoms with Gasteiger partial charge >= 0.3 is 0 Å². The zero-order valence-corrected chi connectivity index (χ0v) is 37.8. The maximum absolute atomic E-state index is 13.0. The first-order chi connectivity index (χ1) is 31.2. The van der Waals surface area contributed by atoms with Crippen LogP contribution in [-0.4, -0.2) is 149 Å². The van der Waals surface area contributed by atoms with Gasteiger partial charge in [-0.15, -0.1) is 0 Å². The number of aromatic nitrogens is 4. The van der Waals surface area contributed by atoms with Gasteiger partial charge in [-0.1, -0.05) is 24.3 Å². The van der Waals surface area contributed by atoms with Crippen molar-refractivity contribution < 1.29 is 27.5 Å². The first kappa shape index (κ1) is 47.5. The minimum Gasteiger partial charge on any atom is -0.359 e. The Morgan fingerprint density at radius 2 is 1.02 bits per heavy atom. The molecule has 10 rings (SSSR count). The van der Waals surface area contributed by atoms with E-state index in [1.807, 2.05) is 54.9 Å². The molecule has 4 aromatic heterocycles. The Morgan fingerprint density at radius 3 is 1.45 bits per heavy atom. The standard InChI is InChI=1S/C18H22N4O3S.C13H19N3O.C11H14N2O.C5H9NO/c23-26(24,17-6-2-4-10-20-17)22-13-14-25-18(22)7-11-21(12-8-18)15-16-5-1-3-9-19-16;1-2-6-14-12(3-1)11-16-8-4-13(5-9-16)15-7-10-17-13;14-11-4-7-13(8-5-11)9-10-3-1-2-6-12-10;7-5-1-3-6-4-2-5/h1-6,9-10H,7-8,11-15H2;1-3,6,15H,4-5,7-11H2;1-3,6H,4-5,7-9H2;6H,1-4H2. The topological polar surface area (TPSA) is 175 Å². The fourth-order valence-corrected chi connectivity index (χ4v) is 10.5. The summed E-state index contributed by atoms with van der Waals surface area (Å²) in [6.45, 7) is 12.5. The predicted molar refractivity (Wildman–Crippen MR) is 242 cm³/mol. The van der Waals surface area contributed by atoms with Crippen LogP contribution in [0.15, 0.2) is 103 Å². The van der Waals surface area contributed by atoms with E-state index in [1.54, 1.807) is 18.3 Å². The van der Waals surface area contributed by atoms with E-state index in [9.17, 15) is 18.0 Å². The van der Waals surface area contributed by atoms with Crippen molar-refractivity contribution in [1.82, 2.24) is 49.6 Å². The summed E-state index contributed by atoms with van der Waals surface area (Å²) < 4.78 is 39.4. The van der Waals surface area contributed by atoms with Gasteiger partial charge in [0, 0.05) is 161 Å². The quantitative estimate of drug-likeness (QED) is 0.262. The number of pyridine rings is 4. The molecule has 0 bridgehead atoms. The fraction of sp³-hybridized carbons (Fsp3) is 0.532. The van der Waals surface area contributed by atoms with Gasteiger partial charge in [0.2, 0.25) is 0 Å². The summed E-state index contributed by atoms with van der Waals surface area (Å²) in [6.07, 6.45) is 13.3. The van der Waals surface area contributed by atoms with E-state index >= 15 is 0 Å². The van der Waals surface area contributed by atoms with Crippen molar-refractivity contribution >= 4 is 21.6 Å². The first-order valence-corrected chi connectivity index (χ1v) is 24.2. The Hall–Kier alpha value is -4.43. The molecule has 6 aliphatic rings. The number of rotatable bonds is 8. The number of piperidine rings is 4. The van der Waals surface area contributed by atoms with Gasteiger partial charge in [0.1, 0.15) is 23.0 Å². The molecule has 17 heteroatoms. The molecule has 0 atom stereocenters. The molecule has 64 heavy (non-hydrogen) atoms. The molecule has 0 saturated carbocycles.